The van der Waals surface area contributed by atoms with Crippen molar-refractivity contribution in [2.24, 2.45) is 0 Å². The number of hydrogen-bond donors (Lipinski definition) is 0. The van der Waals surface area contributed by atoms with E-state index in [9.17, 15) is 14.4 Å². The molecule has 0 rings (SSSR count). The van der Waals surface area contributed by atoms with Gasteiger partial charge >= 0.3 is 17.9 Å². The van der Waals surface area contributed by atoms with Crippen LogP contribution >= 0.6 is 0 Å². The fraction of sp³-hybridized carbons (Fsp3) is 0.403. The standard InChI is InChI=1S/C62H86O6/c1-4-7-10-13-16-19-22-25-28-30-31-32-35-37-40-43-46-49-52-55-61(64)67-58-59(57-66-60(63)54-51-48-45-42-39-36-33-27-24-21-18-15-12-9-6-3)68-62(65)56-53-50-47-44-41-38-34-29-26-23-20-17-14-11-8-5-2/h7-13,15-22,24-33,35-41,47,50,59H,4-6,14,23,34,42-46,48-49,51-58H2,1-3H3/b10-7-,11-8-,12-9-,16-13-,18-15-,20-17-,22-19-,24-21-,28-25-,29-26-,31-30+,33-27-,35-32-,39-36-,40-37-,41-38-,50-47-. The molecular weight excluding hydrogens is 841 g/mol. The maximum Gasteiger partial charge on any atom is 0.306 e. The summed E-state index contributed by atoms with van der Waals surface area (Å²) in [6.07, 6.45) is 83.8. The van der Waals surface area contributed by atoms with Crippen LogP contribution in [0.1, 0.15) is 143 Å². The molecule has 1 unspecified atom stereocenters. The number of carbonyl (C=O) groups excluding carboxylic acids is 3. The maximum atomic E-state index is 12.8. The van der Waals surface area contributed by atoms with Crippen molar-refractivity contribution < 1.29 is 28.6 Å². The molecule has 1 atom stereocenters. The van der Waals surface area contributed by atoms with Crippen LogP contribution in [-0.4, -0.2) is 37.2 Å². The molecule has 0 fully saturated rings. The second kappa shape index (κ2) is 53.6. The fourth-order valence-electron chi connectivity index (χ4n) is 5.67. The van der Waals surface area contributed by atoms with E-state index in [-0.39, 0.29) is 44.4 Å². The zero-order valence-electron chi connectivity index (χ0n) is 42.0. The molecule has 0 aliphatic rings. The summed E-state index contributed by atoms with van der Waals surface area (Å²) >= 11 is 0. The van der Waals surface area contributed by atoms with Gasteiger partial charge in [0.2, 0.25) is 0 Å². The first-order chi connectivity index (χ1) is 33.5. The minimum atomic E-state index is -0.869. The van der Waals surface area contributed by atoms with E-state index < -0.39 is 12.1 Å². The molecule has 0 radical (unpaired) electrons. The van der Waals surface area contributed by atoms with Gasteiger partial charge in [-0.1, -0.05) is 240 Å². The SMILES string of the molecule is CC\C=C/C=C\C=C/C=C\C=C/CCCCCC(=O)OCC(COC(=O)CCCCC\C=C/C=C\C=C\C=C/C=C\C=C/C=C\CC)OC(=O)CC/C=C\C/C=C\C/C=C\C/C=C\C/C=C\CC. The average Bonchev–Trinajstić information content (AvgIpc) is 3.34. The second-order valence-electron chi connectivity index (χ2n) is 15.5. The van der Waals surface area contributed by atoms with Gasteiger partial charge in [0.15, 0.2) is 6.10 Å². The summed E-state index contributed by atoms with van der Waals surface area (Å²) in [6.45, 7) is 6.04. The van der Waals surface area contributed by atoms with E-state index in [1.807, 2.05) is 134 Å². The largest absolute Gasteiger partial charge is 0.462 e. The van der Waals surface area contributed by atoms with Crippen molar-refractivity contribution in [2.75, 3.05) is 13.2 Å². The Hall–Kier alpha value is -6.01. The summed E-state index contributed by atoms with van der Waals surface area (Å²) < 4.78 is 16.6. The van der Waals surface area contributed by atoms with E-state index in [1.165, 1.54) is 0 Å². The van der Waals surface area contributed by atoms with Crippen molar-refractivity contribution in [3.8, 4) is 0 Å². The number of carbonyl (C=O) groups is 3. The van der Waals surface area contributed by atoms with Crippen LogP contribution in [0.3, 0.4) is 0 Å². The Kier molecular flexibility index (Phi) is 48.9. The van der Waals surface area contributed by atoms with Gasteiger partial charge in [-0.2, -0.15) is 0 Å². The Morgan fingerprint density at radius 1 is 0.309 bits per heavy atom. The lowest BCUT2D eigenvalue weighted by molar-refractivity contribution is -0.166. The van der Waals surface area contributed by atoms with Gasteiger partial charge in [0.1, 0.15) is 13.2 Å². The Morgan fingerprint density at radius 3 is 1.00 bits per heavy atom. The monoisotopic (exact) mass is 927 g/mol. The number of unbranched alkanes of at least 4 members (excludes halogenated alkanes) is 6. The molecule has 0 aromatic rings. The summed E-state index contributed by atoms with van der Waals surface area (Å²) in [7, 11) is 0. The molecule has 0 aromatic heterocycles. The Bertz CT molecular complexity index is 1780. The Balaban J connectivity index is 4.74. The highest BCUT2D eigenvalue weighted by molar-refractivity contribution is 5.71. The number of esters is 3. The highest BCUT2D eigenvalue weighted by Gasteiger charge is 2.19. The number of hydrogen-bond acceptors (Lipinski definition) is 6. The van der Waals surface area contributed by atoms with Crippen LogP contribution in [0, 0.1) is 0 Å². The first kappa shape index (κ1) is 62.0. The van der Waals surface area contributed by atoms with E-state index in [1.54, 1.807) is 0 Å². The number of rotatable bonds is 41. The number of ether oxygens (including phenoxy) is 3. The van der Waals surface area contributed by atoms with E-state index in [0.717, 1.165) is 83.5 Å². The molecule has 0 N–H and O–H groups in total. The van der Waals surface area contributed by atoms with Crippen molar-refractivity contribution in [3.63, 3.8) is 0 Å². The Labute approximate surface area is 413 Å². The molecule has 0 amide bonds. The lowest BCUT2D eigenvalue weighted by atomic mass is 10.1. The van der Waals surface area contributed by atoms with Crippen LogP contribution in [0.2, 0.25) is 0 Å². The molecule has 68 heavy (non-hydrogen) atoms. The summed E-state index contributed by atoms with van der Waals surface area (Å²) in [5, 5.41) is 0. The van der Waals surface area contributed by atoms with Gasteiger partial charge in [0.05, 0.1) is 0 Å². The summed E-state index contributed by atoms with van der Waals surface area (Å²) in [5.74, 6) is -1.15. The molecule has 0 saturated carbocycles. The van der Waals surface area contributed by atoms with Crippen molar-refractivity contribution in [1.29, 1.82) is 0 Å². The molecule has 0 heterocycles. The van der Waals surface area contributed by atoms with Crippen LogP contribution in [0.4, 0.5) is 0 Å². The highest BCUT2D eigenvalue weighted by atomic mass is 16.6. The van der Waals surface area contributed by atoms with E-state index in [2.05, 4.69) is 93.7 Å². The molecule has 0 aromatic carbocycles. The first-order valence-electron chi connectivity index (χ1n) is 25.3. The van der Waals surface area contributed by atoms with Gasteiger partial charge in [-0.15, -0.1) is 0 Å². The third-order valence-electron chi connectivity index (χ3n) is 9.35. The van der Waals surface area contributed by atoms with Crippen molar-refractivity contribution in [1.82, 2.24) is 0 Å². The lowest BCUT2D eigenvalue weighted by Gasteiger charge is -2.18. The van der Waals surface area contributed by atoms with Gasteiger partial charge in [0, 0.05) is 19.3 Å². The van der Waals surface area contributed by atoms with Gasteiger partial charge in [-0.3, -0.25) is 14.4 Å². The van der Waals surface area contributed by atoms with Crippen molar-refractivity contribution in [2.45, 2.75) is 149 Å². The van der Waals surface area contributed by atoms with Gasteiger partial charge in [-0.05, 0) is 89.9 Å². The van der Waals surface area contributed by atoms with Crippen LogP contribution in [-0.2, 0) is 28.6 Å². The molecule has 6 heteroatoms. The van der Waals surface area contributed by atoms with Gasteiger partial charge < -0.3 is 14.2 Å². The molecule has 0 aliphatic heterocycles. The molecule has 0 saturated heterocycles. The van der Waals surface area contributed by atoms with Crippen LogP contribution < -0.4 is 0 Å². The Morgan fingerprint density at radius 2 is 0.632 bits per heavy atom. The topological polar surface area (TPSA) is 78.9 Å². The van der Waals surface area contributed by atoms with E-state index in [0.29, 0.717) is 19.3 Å². The lowest BCUT2D eigenvalue weighted by Crippen LogP contribution is -2.30. The first-order valence-corrected chi connectivity index (χ1v) is 25.3. The maximum absolute atomic E-state index is 12.8. The van der Waals surface area contributed by atoms with Crippen molar-refractivity contribution in [3.05, 3.63) is 207 Å². The summed E-state index contributed by atoms with van der Waals surface area (Å²) in [6, 6.07) is 0. The normalized spacial score (nSPS) is 13.9. The van der Waals surface area contributed by atoms with Crippen LogP contribution in [0.15, 0.2) is 207 Å². The summed E-state index contributed by atoms with van der Waals surface area (Å²) in [4.78, 5) is 38.0. The van der Waals surface area contributed by atoms with E-state index in [4.69, 9.17) is 14.2 Å². The second-order valence-corrected chi connectivity index (χ2v) is 15.5. The smallest absolute Gasteiger partial charge is 0.306 e. The molecule has 0 aliphatic carbocycles. The predicted octanol–water partition coefficient (Wildman–Crippen LogP) is 16.9. The third-order valence-corrected chi connectivity index (χ3v) is 9.35. The third kappa shape index (κ3) is 51.0. The van der Waals surface area contributed by atoms with Crippen LogP contribution in [0.25, 0.3) is 0 Å². The minimum absolute atomic E-state index is 0.159. The quantitative estimate of drug-likeness (QED) is 0.0200. The summed E-state index contributed by atoms with van der Waals surface area (Å²) in [5.41, 5.74) is 0. The van der Waals surface area contributed by atoms with Gasteiger partial charge in [-0.25, -0.2) is 0 Å². The predicted molar refractivity (Wildman–Crippen MR) is 292 cm³/mol. The fourth-order valence-corrected chi connectivity index (χ4v) is 5.67. The molecule has 0 spiro atoms. The zero-order chi connectivity index (χ0) is 49.3. The minimum Gasteiger partial charge on any atom is -0.462 e. The van der Waals surface area contributed by atoms with Gasteiger partial charge in [0.25, 0.3) is 0 Å². The van der Waals surface area contributed by atoms with Crippen LogP contribution in [0.5, 0.6) is 0 Å². The zero-order valence-corrected chi connectivity index (χ0v) is 42.0. The highest BCUT2D eigenvalue weighted by Crippen LogP contribution is 2.09. The average molecular weight is 927 g/mol. The molecule has 370 valence electrons. The molecule has 6 nitrogen and oxygen atoms in total. The van der Waals surface area contributed by atoms with Crippen molar-refractivity contribution >= 4 is 17.9 Å². The van der Waals surface area contributed by atoms with E-state index >= 15 is 0 Å². The molecular formula is C62H86O6. The number of allylic oxidation sites excluding steroid dienone is 34. The molecule has 0 bridgehead atoms.